The normalized spacial score (nSPS) is 15.6. The van der Waals surface area contributed by atoms with Gasteiger partial charge in [0.2, 0.25) is 5.89 Å². The van der Waals surface area contributed by atoms with Gasteiger partial charge in [-0.3, -0.25) is 4.90 Å². The van der Waals surface area contributed by atoms with Crippen molar-refractivity contribution in [2.24, 2.45) is 0 Å². The summed E-state index contributed by atoms with van der Waals surface area (Å²) < 4.78 is 10.7. The van der Waals surface area contributed by atoms with Crippen LogP contribution >= 0.6 is 0 Å². The van der Waals surface area contributed by atoms with Crippen molar-refractivity contribution in [3.8, 4) is 0 Å². The first-order valence-corrected chi connectivity index (χ1v) is 8.58. The van der Waals surface area contributed by atoms with E-state index in [1.54, 1.807) is 18.4 Å². The van der Waals surface area contributed by atoms with E-state index in [2.05, 4.69) is 27.2 Å². The molecule has 4 rings (SSSR count). The molecular formula is C19H21N3O3. The number of hydrogen-bond acceptors (Lipinski definition) is 6. The van der Waals surface area contributed by atoms with Gasteiger partial charge < -0.3 is 14.0 Å². The maximum atomic E-state index is 10.4. The molecule has 2 heterocycles. The second kappa shape index (κ2) is 7.21. The van der Waals surface area contributed by atoms with Gasteiger partial charge in [-0.25, -0.2) is 0 Å². The van der Waals surface area contributed by atoms with Crippen molar-refractivity contribution < 1.29 is 14.0 Å². The molecule has 1 aromatic carbocycles. The Labute approximate surface area is 146 Å². The lowest BCUT2D eigenvalue weighted by Crippen LogP contribution is -2.28. The number of aromatic nitrogens is 2. The highest BCUT2D eigenvalue weighted by Crippen LogP contribution is 2.38. The van der Waals surface area contributed by atoms with E-state index >= 15 is 0 Å². The molecule has 0 amide bonds. The fourth-order valence-corrected chi connectivity index (χ4v) is 2.87. The topological polar surface area (TPSA) is 75.5 Å². The highest BCUT2D eigenvalue weighted by atomic mass is 16.5. The third-order valence-corrected chi connectivity index (χ3v) is 4.33. The molecule has 1 aliphatic carbocycles. The molecule has 6 heteroatoms. The van der Waals surface area contributed by atoms with E-state index in [-0.39, 0.29) is 0 Å². The van der Waals surface area contributed by atoms with Crippen LogP contribution in [0, 0.1) is 0 Å². The highest BCUT2D eigenvalue weighted by molar-refractivity contribution is 5.15. The van der Waals surface area contributed by atoms with E-state index in [1.165, 1.54) is 5.56 Å². The summed E-state index contributed by atoms with van der Waals surface area (Å²) >= 11 is 0. The number of hydrogen-bond donors (Lipinski definition) is 1. The van der Waals surface area contributed by atoms with Crippen LogP contribution in [0.3, 0.4) is 0 Å². The molecule has 0 bridgehead atoms. The molecule has 2 aromatic heterocycles. The zero-order chi connectivity index (χ0) is 17.1. The Morgan fingerprint density at radius 1 is 1.12 bits per heavy atom. The van der Waals surface area contributed by atoms with Gasteiger partial charge in [-0.15, -0.1) is 0 Å². The van der Waals surface area contributed by atoms with Crippen molar-refractivity contribution in [1.82, 2.24) is 15.0 Å². The van der Waals surface area contributed by atoms with E-state index < -0.39 is 6.10 Å². The SMILES string of the molecule is OC(CN(Cc1ccccc1)Cc1noc(C2CC2)n1)c1ccco1. The summed E-state index contributed by atoms with van der Waals surface area (Å²) in [5.41, 5.74) is 1.17. The van der Waals surface area contributed by atoms with Gasteiger partial charge in [0.1, 0.15) is 11.9 Å². The number of rotatable bonds is 8. The molecule has 1 fully saturated rings. The average Bonchev–Trinajstić information content (AvgIpc) is 3.12. The molecule has 1 N–H and O–H groups in total. The van der Waals surface area contributed by atoms with Crippen LogP contribution in [-0.2, 0) is 13.1 Å². The van der Waals surface area contributed by atoms with Gasteiger partial charge in [0.15, 0.2) is 5.82 Å². The molecule has 0 spiro atoms. The minimum atomic E-state index is -0.700. The number of aliphatic hydroxyl groups excluding tert-OH is 1. The summed E-state index contributed by atoms with van der Waals surface area (Å²) in [5, 5.41) is 14.5. The van der Waals surface area contributed by atoms with Crippen LogP contribution in [0.1, 0.15) is 47.9 Å². The van der Waals surface area contributed by atoms with Gasteiger partial charge in [-0.2, -0.15) is 4.98 Å². The van der Waals surface area contributed by atoms with Crippen molar-refractivity contribution in [2.45, 2.75) is 38.0 Å². The lowest BCUT2D eigenvalue weighted by Gasteiger charge is -2.23. The Hall–Kier alpha value is -2.44. The maximum absolute atomic E-state index is 10.4. The lowest BCUT2D eigenvalue weighted by atomic mass is 10.2. The number of aliphatic hydroxyl groups is 1. The molecule has 1 saturated carbocycles. The predicted octanol–water partition coefficient (Wildman–Crippen LogP) is 3.28. The first-order valence-electron chi connectivity index (χ1n) is 8.58. The minimum Gasteiger partial charge on any atom is -0.467 e. The van der Waals surface area contributed by atoms with E-state index in [0.29, 0.717) is 37.1 Å². The lowest BCUT2D eigenvalue weighted by molar-refractivity contribution is 0.0856. The number of benzene rings is 1. The second-order valence-electron chi connectivity index (χ2n) is 6.51. The number of nitrogens with zero attached hydrogens (tertiary/aromatic N) is 3. The molecular weight excluding hydrogens is 318 g/mol. The largest absolute Gasteiger partial charge is 0.467 e. The fraction of sp³-hybridized carbons (Fsp3) is 0.368. The standard InChI is InChI=1S/C19H21N3O3/c23-16(17-7-4-10-24-17)12-22(11-14-5-2-1-3-6-14)13-18-20-19(25-21-18)15-8-9-15/h1-7,10,15-16,23H,8-9,11-13H2. The van der Waals surface area contributed by atoms with E-state index in [4.69, 9.17) is 8.94 Å². The zero-order valence-corrected chi connectivity index (χ0v) is 13.9. The molecule has 0 saturated heterocycles. The van der Waals surface area contributed by atoms with E-state index in [1.807, 2.05) is 18.2 Å². The molecule has 6 nitrogen and oxygen atoms in total. The Bertz CT molecular complexity index is 781. The Balaban J connectivity index is 1.47. The van der Waals surface area contributed by atoms with Crippen LogP contribution in [0.4, 0.5) is 0 Å². The average molecular weight is 339 g/mol. The van der Waals surface area contributed by atoms with Crippen LogP contribution in [0.25, 0.3) is 0 Å². The molecule has 0 aliphatic heterocycles. The first kappa shape index (κ1) is 16.1. The predicted molar refractivity (Wildman–Crippen MR) is 90.5 cm³/mol. The van der Waals surface area contributed by atoms with Gasteiger partial charge in [0, 0.05) is 19.0 Å². The summed E-state index contributed by atoms with van der Waals surface area (Å²) in [6, 6.07) is 13.7. The van der Waals surface area contributed by atoms with Gasteiger partial charge in [-0.05, 0) is 30.5 Å². The smallest absolute Gasteiger partial charge is 0.229 e. The quantitative estimate of drug-likeness (QED) is 0.679. The van der Waals surface area contributed by atoms with Crippen molar-refractivity contribution in [3.63, 3.8) is 0 Å². The molecule has 130 valence electrons. The third kappa shape index (κ3) is 4.15. The van der Waals surface area contributed by atoms with Crippen molar-refractivity contribution in [1.29, 1.82) is 0 Å². The van der Waals surface area contributed by atoms with Crippen LogP contribution in [0.15, 0.2) is 57.7 Å². The van der Waals surface area contributed by atoms with Gasteiger partial charge in [0.25, 0.3) is 0 Å². The summed E-state index contributed by atoms with van der Waals surface area (Å²) in [6.07, 6.45) is 3.13. The van der Waals surface area contributed by atoms with Gasteiger partial charge in [-0.1, -0.05) is 35.5 Å². The monoisotopic (exact) mass is 339 g/mol. The van der Waals surface area contributed by atoms with Crippen LogP contribution in [0.2, 0.25) is 0 Å². The van der Waals surface area contributed by atoms with Crippen LogP contribution in [0.5, 0.6) is 0 Å². The van der Waals surface area contributed by atoms with E-state index in [0.717, 1.165) is 18.7 Å². The van der Waals surface area contributed by atoms with Gasteiger partial charge >= 0.3 is 0 Å². The maximum Gasteiger partial charge on any atom is 0.229 e. The highest BCUT2D eigenvalue weighted by Gasteiger charge is 2.30. The minimum absolute atomic E-state index is 0.426. The van der Waals surface area contributed by atoms with Crippen LogP contribution < -0.4 is 0 Å². The zero-order valence-electron chi connectivity index (χ0n) is 13.9. The first-order chi connectivity index (χ1) is 12.3. The molecule has 25 heavy (non-hydrogen) atoms. The van der Waals surface area contributed by atoms with Gasteiger partial charge in [0.05, 0.1) is 12.8 Å². The summed E-state index contributed by atoms with van der Waals surface area (Å²) in [4.78, 5) is 6.60. The molecule has 1 atom stereocenters. The van der Waals surface area contributed by atoms with Crippen molar-refractivity contribution in [3.05, 3.63) is 71.8 Å². The second-order valence-corrected chi connectivity index (χ2v) is 6.51. The Morgan fingerprint density at radius 2 is 1.96 bits per heavy atom. The van der Waals surface area contributed by atoms with Crippen molar-refractivity contribution in [2.75, 3.05) is 6.54 Å². The van der Waals surface area contributed by atoms with Crippen molar-refractivity contribution >= 4 is 0 Å². The number of furan rings is 1. The third-order valence-electron chi connectivity index (χ3n) is 4.33. The fourth-order valence-electron chi connectivity index (χ4n) is 2.87. The summed E-state index contributed by atoms with van der Waals surface area (Å²) in [7, 11) is 0. The Kier molecular flexibility index (Phi) is 4.63. The molecule has 0 radical (unpaired) electrons. The summed E-state index contributed by atoms with van der Waals surface area (Å²) in [6.45, 7) is 1.63. The molecule has 1 unspecified atom stereocenters. The van der Waals surface area contributed by atoms with E-state index in [9.17, 15) is 5.11 Å². The summed E-state index contributed by atoms with van der Waals surface area (Å²) in [5.74, 6) is 2.40. The Morgan fingerprint density at radius 3 is 2.68 bits per heavy atom. The molecule has 1 aliphatic rings. The molecule has 3 aromatic rings. The van der Waals surface area contributed by atoms with Crippen LogP contribution in [-0.4, -0.2) is 26.7 Å².